The molecule has 0 spiro atoms. The van der Waals surface area contributed by atoms with Gasteiger partial charge in [-0.15, -0.1) is 0 Å². The third kappa shape index (κ3) is 2.79. The van der Waals surface area contributed by atoms with Gasteiger partial charge in [-0.25, -0.2) is 0 Å². The monoisotopic (exact) mass is 209 g/mol. The number of carbonyl (C=O) groups is 1. The van der Waals surface area contributed by atoms with Crippen LogP contribution in [0.1, 0.15) is 24.8 Å². The largest absolute Gasteiger partial charge is 0.480 e. The van der Waals surface area contributed by atoms with Crippen LogP contribution in [0.3, 0.4) is 0 Å². The summed E-state index contributed by atoms with van der Waals surface area (Å²) in [5, 5.41) is 12.5. The summed E-state index contributed by atoms with van der Waals surface area (Å²) in [6, 6.07) is 0. The van der Waals surface area contributed by atoms with E-state index in [9.17, 15) is 4.79 Å². The molecule has 1 saturated carbocycles. The maximum absolute atomic E-state index is 10.4. The lowest BCUT2D eigenvalue weighted by molar-refractivity contribution is -0.137. The molecule has 5 nitrogen and oxygen atoms in total. The van der Waals surface area contributed by atoms with Crippen molar-refractivity contribution in [3.8, 4) is 0 Å². The fourth-order valence-corrected chi connectivity index (χ4v) is 1.56. The Kier molecular flexibility index (Phi) is 2.48. The lowest BCUT2D eigenvalue weighted by Gasteiger charge is -2.05. The van der Waals surface area contributed by atoms with Crippen molar-refractivity contribution in [3.05, 3.63) is 18.0 Å². The summed E-state index contributed by atoms with van der Waals surface area (Å²) in [5.41, 5.74) is 7.07. The first kappa shape index (κ1) is 10.2. The highest BCUT2D eigenvalue weighted by Gasteiger charge is 2.37. The molecule has 0 bridgehead atoms. The average Bonchev–Trinajstić information content (AvgIpc) is 2.73. The lowest BCUT2D eigenvalue weighted by Crippen LogP contribution is -2.21. The Balaban J connectivity index is 1.86. The van der Waals surface area contributed by atoms with Crippen LogP contribution in [-0.4, -0.2) is 26.4 Å². The summed E-state index contributed by atoms with van der Waals surface area (Å²) >= 11 is 0. The quantitative estimate of drug-likeness (QED) is 0.735. The van der Waals surface area contributed by atoms with E-state index >= 15 is 0 Å². The van der Waals surface area contributed by atoms with Gasteiger partial charge in [-0.2, -0.15) is 5.10 Å². The molecule has 5 heteroatoms. The summed E-state index contributed by atoms with van der Waals surface area (Å²) in [7, 11) is 0. The van der Waals surface area contributed by atoms with E-state index in [1.54, 1.807) is 12.4 Å². The van der Waals surface area contributed by atoms with Crippen molar-refractivity contribution >= 4 is 5.97 Å². The van der Waals surface area contributed by atoms with Crippen LogP contribution >= 0.6 is 0 Å². The molecular formula is C10H15N3O2. The van der Waals surface area contributed by atoms with E-state index in [0.29, 0.717) is 0 Å². The zero-order valence-electron chi connectivity index (χ0n) is 8.52. The van der Waals surface area contributed by atoms with Crippen molar-refractivity contribution in [2.24, 2.45) is 5.73 Å². The van der Waals surface area contributed by atoms with Gasteiger partial charge >= 0.3 is 5.97 Å². The average molecular weight is 209 g/mol. The number of aliphatic carboxylic acids is 1. The zero-order chi connectivity index (χ0) is 10.9. The number of carboxylic acid groups (broad SMARTS) is 1. The minimum Gasteiger partial charge on any atom is -0.480 e. The van der Waals surface area contributed by atoms with Crippen LogP contribution in [0.2, 0.25) is 0 Å². The third-order valence-electron chi connectivity index (χ3n) is 2.79. The minimum absolute atomic E-state index is 0.0505. The molecule has 1 heterocycles. The van der Waals surface area contributed by atoms with E-state index in [0.717, 1.165) is 31.2 Å². The molecule has 82 valence electrons. The van der Waals surface area contributed by atoms with Crippen LogP contribution < -0.4 is 5.73 Å². The van der Waals surface area contributed by atoms with Gasteiger partial charge in [0.15, 0.2) is 0 Å². The zero-order valence-corrected chi connectivity index (χ0v) is 8.52. The van der Waals surface area contributed by atoms with Crippen molar-refractivity contribution in [2.75, 3.05) is 0 Å². The summed E-state index contributed by atoms with van der Waals surface area (Å²) in [6.45, 7) is -0.0756. The number of nitrogens with zero attached hydrogens (tertiary/aromatic N) is 2. The molecule has 0 aromatic carbocycles. The molecule has 1 fully saturated rings. The van der Waals surface area contributed by atoms with Gasteiger partial charge < -0.3 is 10.8 Å². The van der Waals surface area contributed by atoms with Gasteiger partial charge in [0.2, 0.25) is 0 Å². The SMILES string of the molecule is NC1(CCc2cnn(CC(=O)O)c2)CC1. The van der Waals surface area contributed by atoms with Gasteiger partial charge in [-0.1, -0.05) is 0 Å². The molecule has 15 heavy (non-hydrogen) atoms. The van der Waals surface area contributed by atoms with Crippen molar-refractivity contribution in [2.45, 2.75) is 37.8 Å². The maximum Gasteiger partial charge on any atom is 0.325 e. The number of aromatic nitrogens is 2. The first-order chi connectivity index (χ1) is 7.07. The van der Waals surface area contributed by atoms with Crippen LogP contribution in [-0.2, 0) is 17.8 Å². The highest BCUT2D eigenvalue weighted by Crippen LogP contribution is 2.36. The van der Waals surface area contributed by atoms with E-state index in [4.69, 9.17) is 10.8 Å². The van der Waals surface area contributed by atoms with E-state index in [1.165, 1.54) is 4.68 Å². The summed E-state index contributed by atoms with van der Waals surface area (Å²) in [6.07, 6.45) is 7.56. The van der Waals surface area contributed by atoms with Gasteiger partial charge in [0, 0.05) is 11.7 Å². The van der Waals surface area contributed by atoms with E-state index in [1.807, 2.05) is 0 Å². The highest BCUT2D eigenvalue weighted by molar-refractivity contribution is 5.66. The number of hydrogen-bond donors (Lipinski definition) is 2. The smallest absolute Gasteiger partial charge is 0.325 e. The van der Waals surface area contributed by atoms with Crippen LogP contribution in [0.25, 0.3) is 0 Å². The lowest BCUT2D eigenvalue weighted by atomic mass is 10.1. The Bertz CT molecular complexity index is 368. The van der Waals surface area contributed by atoms with Crippen LogP contribution in [0.5, 0.6) is 0 Å². The van der Waals surface area contributed by atoms with Crippen molar-refractivity contribution in [1.82, 2.24) is 9.78 Å². The number of aryl methyl sites for hydroxylation is 1. The van der Waals surface area contributed by atoms with Crippen molar-refractivity contribution < 1.29 is 9.90 Å². The highest BCUT2D eigenvalue weighted by atomic mass is 16.4. The number of carboxylic acids is 1. The normalized spacial score (nSPS) is 17.7. The molecule has 1 aliphatic rings. The van der Waals surface area contributed by atoms with Crippen molar-refractivity contribution in [1.29, 1.82) is 0 Å². The molecule has 3 N–H and O–H groups in total. The Morgan fingerprint density at radius 2 is 2.40 bits per heavy atom. The molecule has 0 radical (unpaired) electrons. The number of rotatable bonds is 5. The number of nitrogens with two attached hydrogens (primary N) is 1. The standard InChI is InChI=1S/C10H15N3O2/c11-10(3-4-10)2-1-8-5-12-13(6-8)7-9(14)15/h5-6H,1-4,7,11H2,(H,14,15). The van der Waals surface area contributed by atoms with Gasteiger partial charge in [0.25, 0.3) is 0 Å². The Hall–Kier alpha value is -1.36. The molecule has 1 aliphatic carbocycles. The van der Waals surface area contributed by atoms with Gasteiger partial charge in [0.05, 0.1) is 6.20 Å². The second-order valence-corrected chi connectivity index (χ2v) is 4.30. The Labute approximate surface area is 87.9 Å². The molecule has 0 aliphatic heterocycles. The first-order valence-corrected chi connectivity index (χ1v) is 5.09. The maximum atomic E-state index is 10.4. The molecular weight excluding hydrogens is 194 g/mol. The fourth-order valence-electron chi connectivity index (χ4n) is 1.56. The van der Waals surface area contributed by atoms with E-state index in [-0.39, 0.29) is 12.1 Å². The summed E-state index contributed by atoms with van der Waals surface area (Å²) < 4.78 is 1.44. The summed E-state index contributed by atoms with van der Waals surface area (Å²) in [4.78, 5) is 10.4. The molecule has 1 aromatic heterocycles. The fraction of sp³-hybridized carbons (Fsp3) is 0.600. The topological polar surface area (TPSA) is 81.1 Å². The predicted octanol–water partition coefficient (Wildman–Crippen LogP) is 0.392. The van der Waals surface area contributed by atoms with Gasteiger partial charge in [-0.05, 0) is 31.2 Å². The van der Waals surface area contributed by atoms with Crippen LogP contribution in [0, 0.1) is 0 Å². The van der Waals surface area contributed by atoms with Crippen molar-refractivity contribution in [3.63, 3.8) is 0 Å². The van der Waals surface area contributed by atoms with E-state index in [2.05, 4.69) is 5.10 Å². The molecule has 0 atom stereocenters. The molecule has 0 amide bonds. The third-order valence-corrected chi connectivity index (χ3v) is 2.79. The minimum atomic E-state index is -0.873. The Morgan fingerprint density at radius 3 is 3.00 bits per heavy atom. The molecule has 0 saturated heterocycles. The number of hydrogen-bond acceptors (Lipinski definition) is 3. The predicted molar refractivity (Wildman–Crippen MR) is 54.3 cm³/mol. The van der Waals surface area contributed by atoms with Gasteiger partial charge in [0.1, 0.15) is 6.54 Å². The first-order valence-electron chi connectivity index (χ1n) is 5.09. The summed E-state index contributed by atoms with van der Waals surface area (Å²) in [5.74, 6) is -0.873. The second kappa shape index (κ2) is 3.66. The molecule has 2 rings (SSSR count). The van der Waals surface area contributed by atoms with E-state index < -0.39 is 5.97 Å². The second-order valence-electron chi connectivity index (χ2n) is 4.30. The van der Waals surface area contributed by atoms with Crippen LogP contribution in [0.4, 0.5) is 0 Å². The van der Waals surface area contributed by atoms with Crippen LogP contribution in [0.15, 0.2) is 12.4 Å². The Morgan fingerprint density at radius 1 is 1.67 bits per heavy atom. The molecule has 0 unspecified atom stereocenters. The van der Waals surface area contributed by atoms with Gasteiger partial charge in [-0.3, -0.25) is 9.48 Å². The molecule has 1 aromatic rings.